The van der Waals surface area contributed by atoms with Gasteiger partial charge in [-0.2, -0.15) is 0 Å². The van der Waals surface area contributed by atoms with Gasteiger partial charge in [-0.1, -0.05) is 12.1 Å². The minimum Gasteiger partial charge on any atom is -0.508 e. The monoisotopic (exact) mass is 452 g/mol. The van der Waals surface area contributed by atoms with E-state index in [0.29, 0.717) is 5.56 Å². The fourth-order valence-electron chi connectivity index (χ4n) is 2.70. The van der Waals surface area contributed by atoms with Crippen LogP contribution in [0.2, 0.25) is 0 Å². The first-order chi connectivity index (χ1) is 15.0. The number of benzene rings is 1. The van der Waals surface area contributed by atoms with E-state index in [1.807, 2.05) is 0 Å². The summed E-state index contributed by atoms with van der Waals surface area (Å²) >= 11 is 0. The van der Waals surface area contributed by atoms with E-state index in [4.69, 9.17) is 22.0 Å². The molecule has 0 unspecified atom stereocenters. The second-order valence-electron chi connectivity index (χ2n) is 7.02. The Balaban J connectivity index is 2.87. The van der Waals surface area contributed by atoms with Gasteiger partial charge in [0.15, 0.2) is 5.96 Å². The van der Waals surface area contributed by atoms with Gasteiger partial charge in [0.05, 0.1) is 12.5 Å². The van der Waals surface area contributed by atoms with E-state index < -0.39 is 48.3 Å². The lowest BCUT2D eigenvalue weighted by molar-refractivity contribution is -0.142. The van der Waals surface area contributed by atoms with E-state index in [0.717, 1.165) is 0 Å². The number of carbonyl (C=O) groups excluding carboxylic acids is 2. The molecule has 0 saturated carbocycles. The second-order valence-corrected chi connectivity index (χ2v) is 7.02. The summed E-state index contributed by atoms with van der Waals surface area (Å²) in [5.74, 6) is -4.55. The Kier molecular flexibility index (Phi) is 10.4. The summed E-state index contributed by atoms with van der Waals surface area (Å²) in [4.78, 5) is 47.3. The Morgan fingerprint density at radius 3 is 2.12 bits per heavy atom. The largest absolute Gasteiger partial charge is 0.508 e. The number of rotatable bonds is 13. The number of carbonyl (C=O) groups is 4. The molecule has 13 heteroatoms. The number of guanidine groups is 1. The van der Waals surface area contributed by atoms with Crippen LogP contribution in [-0.4, -0.2) is 69.7 Å². The highest BCUT2D eigenvalue weighted by Crippen LogP contribution is 2.12. The lowest BCUT2D eigenvalue weighted by atomic mass is 10.0. The molecule has 1 aromatic carbocycles. The minimum atomic E-state index is -1.40. The molecule has 2 amide bonds. The van der Waals surface area contributed by atoms with Crippen LogP contribution in [0.5, 0.6) is 5.75 Å². The molecule has 0 aromatic heterocycles. The van der Waals surface area contributed by atoms with E-state index in [1.165, 1.54) is 24.3 Å². The topological polar surface area (TPSA) is 241 Å². The van der Waals surface area contributed by atoms with Crippen molar-refractivity contribution in [2.24, 2.45) is 11.5 Å². The third-order valence-corrected chi connectivity index (χ3v) is 4.34. The number of carboxylic acid groups (broad SMARTS) is 2. The predicted octanol–water partition coefficient (Wildman–Crippen LogP) is -1.95. The molecule has 0 aliphatic rings. The first-order valence-corrected chi connectivity index (χ1v) is 9.66. The Hall–Kier alpha value is -3.87. The van der Waals surface area contributed by atoms with Crippen LogP contribution in [0.4, 0.5) is 0 Å². The first kappa shape index (κ1) is 26.2. The second kappa shape index (κ2) is 12.7. The predicted molar refractivity (Wildman–Crippen MR) is 113 cm³/mol. The molecule has 3 atom stereocenters. The number of phenols is 1. The fourth-order valence-corrected chi connectivity index (χ4v) is 2.70. The maximum Gasteiger partial charge on any atom is 0.326 e. The highest BCUT2D eigenvalue weighted by molar-refractivity contribution is 5.93. The van der Waals surface area contributed by atoms with E-state index in [1.54, 1.807) is 0 Å². The lowest BCUT2D eigenvalue weighted by Gasteiger charge is -2.23. The van der Waals surface area contributed by atoms with E-state index in [9.17, 15) is 29.4 Å². The first-order valence-electron chi connectivity index (χ1n) is 9.66. The zero-order valence-corrected chi connectivity index (χ0v) is 17.2. The minimum absolute atomic E-state index is 0.00399. The van der Waals surface area contributed by atoms with Gasteiger partial charge >= 0.3 is 11.9 Å². The molecule has 0 spiro atoms. The molecule has 11 N–H and O–H groups in total. The van der Waals surface area contributed by atoms with Crippen molar-refractivity contribution in [1.82, 2.24) is 16.0 Å². The molecule has 0 aliphatic heterocycles. The standard InChI is InChI=1S/C19H28N6O7/c20-12(9-15(27)28)16(29)24-13(2-1-7-23-19(21)22)17(30)25-14(18(31)32)8-10-3-5-11(26)6-4-10/h3-6,12-14,26H,1-2,7-9,20H2,(H,24,29)(H,25,30)(H,27,28)(H,31,32)(H4,21,22,23)/t12-,13-,14-/m0/s1. The van der Waals surface area contributed by atoms with Crippen LogP contribution in [0.25, 0.3) is 0 Å². The number of amides is 2. The highest BCUT2D eigenvalue weighted by Gasteiger charge is 2.28. The van der Waals surface area contributed by atoms with Gasteiger partial charge in [0.1, 0.15) is 17.8 Å². The summed E-state index contributed by atoms with van der Waals surface area (Å²) in [6.45, 7) is 0.214. The van der Waals surface area contributed by atoms with E-state index in [2.05, 4.69) is 16.0 Å². The zero-order chi connectivity index (χ0) is 24.3. The molecule has 0 aliphatic carbocycles. The van der Waals surface area contributed by atoms with Crippen LogP contribution < -0.4 is 27.4 Å². The van der Waals surface area contributed by atoms with Gasteiger partial charge < -0.3 is 42.7 Å². The van der Waals surface area contributed by atoms with Crippen molar-refractivity contribution in [2.45, 2.75) is 43.8 Å². The molecule has 1 rings (SSSR count). The van der Waals surface area contributed by atoms with Crippen molar-refractivity contribution in [1.29, 1.82) is 5.41 Å². The van der Waals surface area contributed by atoms with Crippen molar-refractivity contribution in [2.75, 3.05) is 6.54 Å². The Bertz CT molecular complexity index is 830. The summed E-state index contributed by atoms with van der Waals surface area (Å²) in [6, 6.07) is 1.86. The molecule has 0 bridgehead atoms. The number of hydrogen-bond acceptors (Lipinski definition) is 7. The van der Waals surface area contributed by atoms with Crippen molar-refractivity contribution in [3.63, 3.8) is 0 Å². The number of nitrogens with one attached hydrogen (secondary N) is 4. The van der Waals surface area contributed by atoms with Crippen LogP contribution in [0.15, 0.2) is 24.3 Å². The SMILES string of the molecule is N=C(N)NCCC[C@H](NC(=O)[C@@H](N)CC(=O)O)C(=O)N[C@@H](Cc1ccc(O)cc1)C(=O)O. The van der Waals surface area contributed by atoms with Crippen LogP contribution in [-0.2, 0) is 25.6 Å². The van der Waals surface area contributed by atoms with Crippen LogP contribution in [0.3, 0.4) is 0 Å². The number of carboxylic acids is 2. The Morgan fingerprint density at radius 1 is 1.00 bits per heavy atom. The van der Waals surface area contributed by atoms with Gasteiger partial charge in [0.2, 0.25) is 11.8 Å². The highest BCUT2D eigenvalue weighted by atomic mass is 16.4. The smallest absolute Gasteiger partial charge is 0.326 e. The number of phenolic OH excluding ortho intramolecular Hbond substituents is 1. The summed E-state index contributed by atoms with van der Waals surface area (Å²) in [7, 11) is 0. The van der Waals surface area contributed by atoms with Gasteiger partial charge in [-0.25, -0.2) is 4.79 Å². The summed E-state index contributed by atoms with van der Waals surface area (Å²) < 4.78 is 0. The molecular formula is C19H28N6O7. The quantitative estimate of drug-likeness (QED) is 0.0910. The van der Waals surface area contributed by atoms with Gasteiger partial charge in [0.25, 0.3) is 0 Å². The average Bonchev–Trinajstić information content (AvgIpc) is 2.70. The third kappa shape index (κ3) is 9.75. The van der Waals surface area contributed by atoms with E-state index in [-0.39, 0.29) is 37.5 Å². The normalized spacial score (nSPS) is 13.3. The summed E-state index contributed by atoms with van der Waals surface area (Å²) in [5.41, 5.74) is 11.3. The molecule has 0 heterocycles. The maximum atomic E-state index is 12.7. The van der Waals surface area contributed by atoms with Crippen molar-refractivity contribution in [3.05, 3.63) is 29.8 Å². The number of hydrogen-bond donors (Lipinski definition) is 9. The van der Waals surface area contributed by atoms with Crippen molar-refractivity contribution < 1.29 is 34.5 Å². The fraction of sp³-hybridized carbons (Fsp3) is 0.421. The molecule has 0 radical (unpaired) electrons. The summed E-state index contributed by atoms with van der Waals surface area (Å²) in [5, 5.41) is 42.0. The molecular weight excluding hydrogens is 424 g/mol. The summed E-state index contributed by atoms with van der Waals surface area (Å²) in [6.07, 6.45) is -0.401. The van der Waals surface area contributed by atoms with E-state index >= 15 is 0 Å². The lowest BCUT2D eigenvalue weighted by Crippen LogP contribution is -2.55. The van der Waals surface area contributed by atoms with Crippen LogP contribution in [0, 0.1) is 5.41 Å². The van der Waals surface area contributed by atoms with Gasteiger partial charge in [-0.15, -0.1) is 0 Å². The maximum absolute atomic E-state index is 12.7. The molecule has 32 heavy (non-hydrogen) atoms. The van der Waals surface area contributed by atoms with Crippen LogP contribution in [0.1, 0.15) is 24.8 Å². The molecule has 0 fully saturated rings. The molecule has 13 nitrogen and oxygen atoms in total. The third-order valence-electron chi connectivity index (χ3n) is 4.34. The number of nitrogens with two attached hydrogens (primary N) is 2. The Morgan fingerprint density at radius 2 is 1.59 bits per heavy atom. The number of aromatic hydroxyl groups is 1. The zero-order valence-electron chi connectivity index (χ0n) is 17.2. The molecule has 176 valence electrons. The van der Waals surface area contributed by atoms with Gasteiger partial charge in [0, 0.05) is 13.0 Å². The molecule has 1 aromatic rings. The average molecular weight is 452 g/mol. The van der Waals surface area contributed by atoms with Gasteiger partial charge in [-0.05, 0) is 30.5 Å². The molecule has 0 saturated heterocycles. The van der Waals surface area contributed by atoms with Gasteiger partial charge in [-0.3, -0.25) is 19.8 Å². The number of aliphatic carboxylic acids is 2. The van der Waals surface area contributed by atoms with Crippen molar-refractivity contribution in [3.8, 4) is 5.75 Å². The van der Waals surface area contributed by atoms with Crippen molar-refractivity contribution >= 4 is 29.7 Å². The Labute approximate surface area is 183 Å². The van der Waals surface area contributed by atoms with Crippen LogP contribution >= 0.6 is 0 Å².